The molecule has 0 saturated carbocycles. The van der Waals surface area contributed by atoms with Gasteiger partial charge in [-0.15, -0.1) is 0 Å². The Labute approximate surface area is 809 Å². The van der Waals surface area contributed by atoms with E-state index in [1.165, 1.54) is 33.5 Å². The van der Waals surface area contributed by atoms with Gasteiger partial charge in [-0.3, -0.25) is 0 Å². The number of hydrogen-bond donors (Lipinski definition) is 12. The zero-order valence-corrected chi connectivity index (χ0v) is 93.0. The zero-order valence-electron chi connectivity index (χ0n) is 93.0. The van der Waals surface area contributed by atoms with Crippen molar-refractivity contribution in [3.63, 3.8) is 0 Å². The summed E-state index contributed by atoms with van der Waals surface area (Å²) >= 11 is 0. The van der Waals surface area contributed by atoms with E-state index in [0.717, 1.165) is 116 Å². The van der Waals surface area contributed by atoms with Gasteiger partial charge < -0.3 is 109 Å². The Morgan fingerprint density at radius 2 is 0.723 bits per heavy atom. The fraction of sp³-hybridized carbons (Fsp3) is 1.00. The standard InChI is InChI=1S/C12H24O3.C12H24O2.C11H24O3.C11H24O2.C10H22O.2C9H20O3.2C9H20O.C8H18O2.C6H14O.2CH4/c1-6-9-10(8-12(3,4)5)15-11(14-9)13-7-2;1-11(2,3)8-6-7-10-9-13-12(4,5)14-10;1-11(2,3)5-6-13-9-10-14-8-7-12-4;1-5-6-9(12)10(13)7-8-11(2,3)4;1-5-9(11)7-6-8-10(2,3)4;2*1-9(2,3)5-7(10)8(11)6-12-4;1-5-8(7-10)6-9(2,3)4;1-5-8(10)6-7-9(2,3)4;1-8(2,3)5-4-7(10)6-9;1-6(2,3)4-5-7;;/h9-11H,6-8H2,1-5H3;10H,6-9H2,1-5H3;5-10H2,1-4H3;9-10,12-13H,5-8H2,1-4H3;9,11H,5-8H2,1-4H3;2*7-8,10-11H,5-6H2,1-4H3;2*8,10H,5-7H2,1-4H3;7,9-10H,4-6H2,1-3H3;7H,4-5H2,1-3H3;2*1H4/t9-,10-,11?;10-;;;9-;2*7-,8-;;8-;7-;;;/m10..110.11.../s1. The van der Waals surface area contributed by atoms with Gasteiger partial charge in [0.1, 0.15) is 12.2 Å². The number of aliphatic hydroxyl groups excluding tert-OH is 12. The van der Waals surface area contributed by atoms with Crippen LogP contribution in [0.2, 0.25) is 0 Å². The van der Waals surface area contributed by atoms with Gasteiger partial charge in [0.25, 0.3) is 6.48 Å². The number of aliphatic hydroxyl groups is 12. The van der Waals surface area contributed by atoms with Crippen LogP contribution in [-0.2, 0) is 47.4 Å². The van der Waals surface area contributed by atoms with Gasteiger partial charge in [-0.05, 0) is 215 Å². The van der Waals surface area contributed by atoms with Gasteiger partial charge in [0.2, 0.25) is 0 Å². The Morgan fingerprint density at radius 3 is 1.02 bits per heavy atom. The highest BCUT2D eigenvalue weighted by atomic mass is 16.9. The lowest BCUT2D eigenvalue weighted by atomic mass is 9.84. The molecule has 130 heavy (non-hydrogen) atoms. The quantitative estimate of drug-likeness (QED) is 0.0253. The van der Waals surface area contributed by atoms with Crippen LogP contribution >= 0.6 is 0 Å². The molecule has 2 aliphatic heterocycles. The van der Waals surface area contributed by atoms with Gasteiger partial charge >= 0.3 is 0 Å². The van der Waals surface area contributed by atoms with Crippen LogP contribution < -0.4 is 0 Å². The molecule has 0 aromatic heterocycles. The van der Waals surface area contributed by atoms with E-state index >= 15 is 0 Å². The molecule has 2 heterocycles. The van der Waals surface area contributed by atoms with Gasteiger partial charge in [0.15, 0.2) is 5.79 Å². The van der Waals surface area contributed by atoms with Gasteiger partial charge in [-0.1, -0.05) is 304 Å². The molecule has 14 atom stereocenters. The first-order valence-corrected chi connectivity index (χ1v) is 49.6. The molecule has 0 bridgehead atoms. The highest BCUT2D eigenvalue weighted by molar-refractivity contribution is 4.81. The number of methoxy groups -OCH3 is 3. The molecule has 0 aromatic carbocycles. The molecule has 0 amide bonds. The number of hydrogen-bond acceptors (Lipinski definition) is 22. The van der Waals surface area contributed by atoms with Gasteiger partial charge in [0.05, 0.1) is 114 Å². The van der Waals surface area contributed by atoms with E-state index in [-0.39, 0.29) is 92.0 Å². The average Bonchev–Trinajstić information content (AvgIpc) is 1.72. The third kappa shape index (κ3) is 129. The fourth-order valence-corrected chi connectivity index (χ4v) is 11.9. The van der Waals surface area contributed by atoms with Crippen LogP contribution in [-0.4, -0.2) is 247 Å². The minimum absolute atomic E-state index is 0. The monoisotopic (exact) mass is 1890 g/mol. The summed E-state index contributed by atoms with van der Waals surface area (Å²) in [6.45, 7) is 93.0. The molecule has 2 rings (SSSR count). The van der Waals surface area contributed by atoms with Crippen LogP contribution in [0.3, 0.4) is 0 Å². The van der Waals surface area contributed by atoms with Crippen LogP contribution in [0.25, 0.3) is 0 Å². The van der Waals surface area contributed by atoms with Gasteiger partial charge in [0, 0.05) is 47.8 Å². The van der Waals surface area contributed by atoms with Crippen molar-refractivity contribution in [1.82, 2.24) is 0 Å². The third-order valence-electron chi connectivity index (χ3n) is 19.9. The summed E-state index contributed by atoms with van der Waals surface area (Å²) in [6.07, 6.45) is 19.0. The van der Waals surface area contributed by atoms with Crippen LogP contribution in [0, 0.1) is 65.5 Å². The van der Waals surface area contributed by atoms with E-state index < -0.39 is 49.2 Å². The molecule has 0 spiro atoms. The van der Waals surface area contributed by atoms with Crippen LogP contribution in [0.1, 0.15) is 453 Å². The van der Waals surface area contributed by atoms with Gasteiger partial charge in [-0.25, -0.2) is 0 Å². The van der Waals surface area contributed by atoms with Crippen LogP contribution in [0.5, 0.6) is 0 Å². The van der Waals surface area contributed by atoms with E-state index in [1.807, 2.05) is 83.1 Å². The predicted octanol–water partition coefficient (Wildman–Crippen LogP) is 24.2. The maximum Gasteiger partial charge on any atom is 0.272 e. The van der Waals surface area contributed by atoms with Crippen LogP contribution in [0.15, 0.2) is 0 Å². The molecule has 802 valence electrons. The molecular formula is C108H238O22. The highest BCUT2D eigenvalue weighted by Gasteiger charge is 2.38. The second-order valence-corrected chi connectivity index (χ2v) is 49.3. The Hall–Kier alpha value is -0.880. The lowest BCUT2D eigenvalue weighted by molar-refractivity contribution is -0.241. The molecule has 2 aliphatic rings. The average molecular weight is 1890 g/mol. The summed E-state index contributed by atoms with van der Waals surface area (Å²) in [4.78, 5) is 0. The van der Waals surface area contributed by atoms with Gasteiger partial charge in [-0.2, -0.15) is 0 Å². The first kappa shape index (κ1) is 152. The second-order valence-electron chi connectivity index (χ2n) is 49.3. The normalized spacial score (nSPS) is 18.3. The van der Waals surface area contributed by atoms with Crippen molar-refractivity contribution in [3.8, 4) is 0 Å². The molecule has 4 unspecified atom stereocenters. The summed E-state index contributed by atoms with van der Waals surface area (Å²) in [5.74, 6) is 0.145. The molecule has 2 fully saturated rings. The first-order chi connectivity index (χ1) is 57.8. The topological polar surface area (TPSA) is 335 Å². The minimum atomic E-state index is -0.769. The molecule has 0 radical (unpaired) electrons. The van der Waals surface area contributed by atoms with E-state index in [2.05, 4.69) is 201 Å². The van der Waals surface area contributed by atoms with E-state index in [4.69, 9.17) is 67.8 Å². The van der Waals surface area contributed by atoms with Crippen molar-refractivity contribution in [1.29, 1.82) is 0 Å². The largest absolute Gasteiger partial charge is 0.396 e. The third-order valence-corrected chi connectivity index (χ3v) is 19.9. The molecular weight excluding hydrogens is 1650 g/mol. The lowest BCUT2D eigenvalue weighted by Crippen LogP contribution is -2.33. The highest BCUT2D eigenvalue weighted by Crippen LogP contribution is 2.34. The SMILES string of the molecule is C.C.CC(C)(C)CCC[C@H]1COC(C)(C)O1.CC(C)(C)CCO.CC(C)(C)CC[C@@H](O)CO.CCC(CO)CC(C)(C)C.CCCC(O)C(O)CCC(C)(C)C.CCOC1O[C@H](CC)[C@@H](CC(C)(C)C)O1.CC[C@@H](O)CCC(C)(C)C.CC[C@@H](O)CCCC(C)(C)C.COCCOCCOCCC(C)(C)C.COC[C@@H](O)[C@H](O)CC(C)(C)C.COC[C@H](O)[C@@H](O)CC(C)(C)C. The number of ether oxygens (including phenoxy) is 10. The Kier molecular flexibility index (Phi) is 95.6. The Balaban J connectivity index is -0.000000134. The maximum absolute atomic E-state index is 9.56. The fourth-order valence-electron chi connectivity index (χ4n) is 11.9. The van der Waals surface area contributed by atoms with Crippen molar-refractivity contribution in [2.45, 2.75) is 538 Å². The summed E-state index contributed by atoms with van der Waals surface area (Å²) in [6, 6.07) is 0. The smallest absolute Gasteiger partial charge is 0.272 e. The zero-order chi connectivity index (χ0) is 103. The molecule has 0 aliphatic carbocycles. The summed E-state index contributed by atoms with van der Waals surface area (Å²) in [5.41, 5.74) is 3.10. The summed E-state index contributed by atoms with van der Waals surface area (Å²) in [5, 5.41) is 110. The molecule has 0 aromatic rings. The van der Waals surface area contributed by atoms with E-state index in [1.54, 1.807) is 7.11 Å². The molecule has 22 heteroatoms. The molecule has 22 nitrogen and oxygen atoms in total. The van der Waals surface area contributed by atoms with E-state index in [9.17, 15) is 40.9 Å². The Bertz CT molecular complexity index is 2260. The predicted molar refractivity (Wildman–Crippen MR) is 553 cm³/mol. The Morgan fingerprint density at radius 1 is 0.354 bits per heavy atom. The second kappa shape index (κ2) is 81.8. The number of rotatable bonds is 42. The van der Waals surface area contributed by atoms with Crippen molar-refractivity contribution in [2.24, 2.45) is 65.5 Å². The maximum atomic E-state index is 9.56. The van der Waals surface area contributed by atoms with Crippen LogP contribution in [0.4, 0.5) is 0 Å². The van der Waals surface area contributed by atoms with Crippen molar-refractivity contribution in [2.75, 3.05) is 101 Å². The molecule has 2 saturated heterocycles. The minimum Gasteiger partial charge on any atom is -0.396 e. The van der Waals surface area contributed by atoms with E-state index in [0.29, 0.717) is 123 Å². The van der Waals surface area contributed by atoms with Crippen molar-refractivity contribution < 1.29 is 109 Å². The molecule has 12 N–H and O–H groups in total. The van der Waals surface area contributed by atoms with Crippen molar-refractivity contribution >= 4 is 0 Å². The summed E-state index contributed by atoms with van der Waals surface area (Å²) in [7, 11) is 4.68. The van der Waals surface area contributed by atoms with Crippen molar-refractivity contribution in [3.05, 3.63) is 0 Å². The summed E-state index contributed by atoms with van der Waals surface area (Å²) < 4.78 is 53.0. The lowest BCUT2D eigenvalue weighted by Gasteiger charge is -2.25. The first-order valence-electron chi connectivity index (χ1n) is 49.6.